The van der Waals surface area contributed by atoms with Gasteiger partial charge in [0, 0.05) is 13.1 Å². The number of nitrogens with one attached hydrogen (secondary N) is 1. The van der Waals surface area contributed by atoms with Gasteiger partial charge in [-0.25, -0.2) is 0 Å². The molecule has 0 aromatic rings. The molecule has 1 atom stereocenters. The number of hydrogen-bond donors (Lipinski definition) is 1. The molecule has 1 N–H and O–H groups in total. The Hall–Kier alpha value is -0.0800. The van der Waals surface area contributed by atoms with Crippen molar-refractivity contribution in [3.8, 4) is 0 Å². The molecule has 16 heavy (non-hydrogen) atoms. The van der Waals surface area contributed by atoms with Crippen molar-refractivity contribution in [2.45, 2.75) is 70.0 Å². The molecule has 92 valence electrons. The van der Waals surface area contributed by atoms with E-state index in [1.165, 1.54) is 44.9 Å². The minimum absolute atomic E-state index is 0.0859. The Morgan fingerprint density at radius 1 is 0.875 bits per heavy atom. The van der Waals surface area contributed by atoms with E-state index in [4.69, 9.17) is 4.74 Å². The van der Waals surface area contributed by atoms with Crippen molar-refractivity contribution in [3.63, 3.8) is 0 Å². The summed E-state index contributed by atoms with van der Waals surface area (Å²) in [6.45, 7) is 6.86. The maximum atomic E-state index is 6.67. The van der Waals surface area contributed by atoms with Gasteiger partial charge in [0.2, 0.25) is 0 Å². The fourth-order valence-corrected chi connectivity index (χ4v) is 3.61. The van der Waals surface area contributed by atoms with Gasteiger partial charge in [-0.2, -0.15) is 0 Å². The first kappa shape index (κ1) is 11.0. The lowest BCUT2D eigenvalue weighted by atomic mass is 9.79. The zero-order chi connectivity index (χ0) is 11.3. The van der Waals surface area contributed by atoms with Gasteiger partial charge < -0.3 is 10.1 Å². The van der Waals surface area contributed by atoms with E-state index in [1.807, 2.05) is 0 Å². The van der Waals surface area contributed by atoms with Crippen LogP contribution in [0.5, 0.6) is 0 Å². The van der Waals surface area contributed by atoms with Gasteiger partial charge >= 0.3 is 0 Å². The highest BCUT2D eigenvalue weighted by molar-refractivity contribution is 5.09. The predicted octanol–water partition coefficient (Wildman–Crippen LogP) is 2.87. The summed E-state index contributed by atoms with van der Waals surface area (Å²) in [4.78, 5) is 0. The third-order valence-electron chi connectivity index (χ3n) is 5.39. The second-order valence-corrected chi connectivity index (χ2v) is 6.74. The van der Waals surface area contributed by atoms with Crippen molar-refractivity contribution in [3.05, 3.63) is 0 Å². The third kappa shape index (κ3) is 1.62. The predicted molar refractivity (Wildman–Crippen MR) is 65.5 cm³/mol. The fourth-order valence-electron chi connectivity index (χ4n) is 3.61. The van der Waals surface area contributed by atoms with E-state index in [0.29, 0.717) is 5.41 Å². The minimum atomic E-state index is 0.0859. The quantitative estimate of drug-likeness (QED) is 0.738. The van der Waals surface area contributed by atoms with E-state index in [0.717, 1.165) is 13.1 Å². The highest BCUT2D eigenvalue weighted by atomic mass is 16.5. The third-order valence-corrected chi connectivity index (χ3v) is 5.39. The lowest BCUT2D eigenvalue weighted by Crippen LogP contribution is -2.62. The molecular formula is C14H25NO. The van der Waals surface area contributed by atoms with Crippen molar-refractivity contribution in [1.82, 2.24) is 5.32 Å². The van der Waals surface area contributed by atoms with Crippen LogP contribution in [0.3, 0.4) is 0 Å². The van der Waals surface area contributed by atoms with Gasteiger partial charge in [0.25, 0.3) is 0 Å². The zero-order valence-corrected chi connectivity index (χ0v) is 10.8. The van der Waals surface area contributed by atoms with E-state index in [2.05, 4.69) is 19.2 Å². The lowest BCUT2D eigenvalue weighted by Gasteiger charge is -2.51. The monoisotopic (exact) mass is 223 g/mol. The van der Waals surface area contributed by atoms with Crippen molar-refractivity contribution >= 4 is 0 Å². The van der Waals surface area contributed by atoms with Crippen LogP contribution >= 0.6 is 0 Å². The summed E-state index contributed by atoms with van der Waals surface area (Å²) < 4.78 is 6.67. The molecule has 1 heterocycles. The van der Waals surface area contributed by atoms with E-state index in [-0.39, 0.29) is 11.2 Å². The van der Waals surface area contributed by atoms with Crippen LogP contribution in [-0.4, -0.2) is 24.3 Å². The van der Waals surface area contributed by atoms with Crippen molar-refractivity contribution in [1.29, 1.82) is 0 Å². The fraction of sp³-hybridized carbons (Fsp3) is 1.00. The highest BCUT2D eigenvalue weighted by Gasteiger charge is 2.58. The molecule has 2 nitrogen and oxygen atoms in total. The number of rotatable bonds is 1. The van der Waals surface area contributed by atoms with E-state index in [1.54, 1.807) is 0 Å². The average molecular weight is 223 g/mol. The summed E-state index contributed by atoms with van der Waals surface area (Å²) in [5.41, 5.74) is 0.713. The van der Waals surface area contributed by atoms with Crippen LogP contribution in [0.25, 0.3) is 0 Å². The van der Waals surface area contributed by atoms with Crippen molar-refractivity contribution < 1.29 is 4.74 Å². The molecule has 1 unspecified atom stereocenters. The molecule has 0 bridgehead atoms. The Morgan fingerprint density at radius 3 is 2.19 bits per heavy atom. The molecular weight excluding hydrogens is 198 g/mol. The molecule has 0 amide bonds. The summed E-state index contributed by atoms with van der Waals surface area (Å²) in [6.07, 6.45) is 9.35. The molecule has 1 saturated heterocycles. The van der Waals surface area contributed by atoms with Gasteiger partial charge in [0.05, 0.1) is 11.2 Å². The summed E-state index contributed by atoms with van der Waals surface area (Å²) in [5, 5.41) is 3.66. The Morgan fingerprint density at radius 2 is 1.56 bits per heavy atom. The largest absolute Gasteiger partial charge is 0.366 e. The van der Waals surface area contributed by atoms with Crippen molar-refractivity contribution in [2.75, 3.05) is 13.1 Å². The Labute approximate surface area is 99.1 Å². The molecule has 0 aromatic carbocycles. The molecule has 2 heteroatoms. The van der Waals surface area contributed by atoms with Crippen LogP contribution in [0.2, 0.25) is 0 Å². The molecule has 0 radical (unpaired) electrons. The minimum Gasteiger partial charge on any atom is -0.366 e. The molecule has 3 aliphatic rings. The van der Waals surface area contributed by atoms with Gasteiger partial charge in [-0.05, 0) is 38.0 Å². The van der Waals surface area contributed by atoms with Crippen molar-refractivity contribution in [2.24, 2.45) is 5.41 Å². The SMILES string of the molecule is CC1(C2(C)CNCC3(CCCCC3)O2)CC1. The van der Waals surface area contributed by atoms with Gasteiger partial charge in [-0.3, -0.25) is 0 Å². The van der Waals surface area contributed by atoms with Crippen LogP contribution in [0, 0.1) is 5.41 Å². The summed E-state index contributed by atoms with van der Waals surface area (Å²) >= 11 is 0. The van der Waals surface area contributed by atoms with Crippen LogP contribution in [0.15, 0.2) is 0 Å². The Bertz CT molecular complexity index is 273. The smallest absolute Gasteiger partial charge is 0.0839 e. The number of morpholine rings is 1. The van der Waals surface area contributed by atoms with Crippen LogP contribution in [-0.2, 0) is 4.74 Å². The summed E-state index contributed by atoms with van der Waals surface area (Å²) in [5.74, 6) is 0. The van der Waals surface area contributed by atoms with Gasteiger partial charge in [0.15, 0.2) is 0 Å². The summed E-state index contributed by atoms with van der Waals surface area (Å²) in [7, 11) is 0. The molecule has 1 spiro atoms. The van der Waals surface area contributed by atoms with E-state index >= 15 is 0 Å². The number of hydrogen-bond acceptors (Lipinski definition) is 2. The van der Waals surface area contributed by atoms with Crippen LogP contribution in [0.4, 0.5) is 0 Å². The second-order valence-electron chi connectivity index (χ2n) is 6.74. The average Bonchev–Trinajstić information content (AvgIpc) is 2.99. The first-order valence-electron chi connectivity index (χ1n) is 6.99. The lowest BCUT2D eigenvalue weighted by molar-refractivity contribution is -0.209. The van der Waals surface area contributed by atoms with Gasteiger partial charge in [0.1, 0.15) is 0 Å². The normalized spacial score (nSPS) is 40.9. The van der Waals surface area contributed by atoms with Crippen LogP contribution in [0.1, 0.15) is 58.8 Å². The topological polar surface area (TPSA) is 21.3 Å². The summed E-state index contributed by atoms with van der Waals surface area (Å²) in [6, 6.07) is 0. The molecule has 0 aromatic heterocycles. The molecule has 3 fully saturated rings. The van der Waals surface area contributed by atoms with Gasteiger partial charge in [-0.1, -0.05) is 26.2 Å². The maximum absolute atomic E-state index is 6.67. The Balaban J connectivity index is 1.78. The Kier molecular flexibility index (Phi) is 2.38. The maximum Gasteiger partial charge on any atom is 0.0839 e. The second kappa shape index (κ2) is 3.46. The van der Waals surface area contributed by atoms with E-state index < -0.39 is 0 Å². The first-order valence-corrected chi connectivity index (χ1v) is 6.99. The molecule has 1 aliphatic heterocycles. The highest BCUT2D eigenvalue weighted by Crippen LogP contribution is 2.57. The van der Waals surface area contributed by atoms with Gasteiger partial charge in [-0.15, -0.1) is 0 Å². The van der Waals surface area contributed by atoms with Crippen LogP contribution < -0.4 is 5.32 Å². The first-order chi connectivity index (χ1) is 7.58. The molecule has 3 rings (SSSR count). The standard InChI is InChI=1S/C14H25NO/c1-12(8-9-12)13(2)10-15-11-14(16-13)6-4-3-5-7-14/h15H,3-11H2,1-2H3. The number of ether oxygens (including phenoxy) is 1. The molecule has 2 saturated carbocycles. The molecule has 2 aliphatic carbocycles. The zero-order valence-electron chi connectivity index (χ0n) is 10.8. The van der Waals surface area contributed by atoms with E-state index in [9.17, 15) is 0 Å².